The van der Waals surface area contributed by atoms with Gasteiger partial charge < -0.3 is 19.5 Å². The number of carbonyl (C=O) groups is 1. The average Bonchev–Trinajstić information content (AvgIpc) is 2.72. The molecular formula is C22H27NO4. The minimum Gasteiger partial charge on any atom is -0.496 e. The number of para-hydroxylation sites is 1. The van der Waals surface area contributed by atoms with Crippen LogP contribution in [0.25, 0.3) is 0 Å². The summed E-state index contributed by atoms with van der Waals surface area (Å²) in [5.74, 6) is 1.42. The van der Waals surface area contributed by atoms with Gasteiger partial charge in [0.2, 0.25) is 0 Å². The van der Waals surface area contributed by atoms with Crippen LogP contribution in [0.4, 0.5) is 0 Å². The van der Waals surface area contributed by atoms with Crippen molar-refractivity contribution in [3.63, 3.8) is 0 Å². The molecule has 3 rings (SSSR count). The number of rotatable bonds is 7. The van der Waals surface area contributed by atoms with Crippen molar-refractivity contribution in [2.24, 2.45) is 0 Å². The van der Waals surface area contributed by atoms with E-state index in [2.05, 4.69) is 11.4 Å². The molecule has 5 nitrogen and oxygen atoms in total. The Morgan fingerprint density at radius 2 is 1.81 bits per heavy atom. The SMILES string of the molecule is COc1ccccc1C1(CNC(=O)COc2ccc(C)cc2)CCOCC1. The molecule has 0 saturated carbocycles. The molecule has 0 bridgehead atoms. The van der Waals surface area contributed by atoms with Crippen LogP contribution in [0.1, 0.15) is 24.0 Å². The number of amides is 1. The van der Waals surface area contributed by atoms with E-state index in [1.165, 1.54) is 0 Å². The van der Waals surface area contributed by atoms with Gasteiger partial charge in [0.15, 0.2) is 6.61 Å². The summed E-state index contributed by atoms with van der Waals surface area (Å²) in [5, 5.41) is 3.05. The summed E-state index contributed by atoms with van der Waals surface area (Å²) >= 11 is 0. The van der Waals surface area contributed by atoms with E-state index >= 15 is 0 Å². The van der Waals surface area contributed by atoms with E-state index in [4.69, 9.17) is 14.2 Å². The first-order valence-corrected chi connectivity index (χ1v) is 9.30. The standard InChI is InChI=1S/C22H27NO4/c1-17-7-9-18(10-8-17)27-15-21(24)23-16-22(11-13-26-14-12-22)19-5-3-4-6-20(19)25-2/h3-10H,11-16H2,1-2H3,(H,23,24). The minimum absolute atomic E-state index is 0.00155. The summed E-state index contributed by atoms with van der Waals surface area (Å²) in [4.78, 5) is 12.4. The molecule has 2 aromatic rings. The van der Waals surface area contributed by atoms with Crippen molar-refractivity contribution < 1.29 is 19.0 Å². The smallest absolute Gasteiger partial charge is 0.257 e. The van der Waals surface area contributed by atoms with Crippen molar-refractivity contribution >= 4 is 5.91 Å². The van der Waals surface area contributed by atoms with Crippen LogP contribution < -0.4 is 14.8 Å². The van der Waals surface area contributed by atoms with Crippen LogP contribution in [0.15, 0.2) is 48.5 Å². The summed E-state index contributed by atoms with van der Waals surface area (Å²) < 4.78 is 16.7. The molecule has 1 N–H and O–H groups in total. The predicted molar refractivity (Wildman–Crippen MR) is 104 cm³/mol. The number of hydrogen-bond donors (Lipinski definition) is 1. The van der Waals surface area contributed by atoms with Crippen molar-refractivity contribution in [3.8, 4) is 11.5 Å². The Labute approximate surface area is 160 Å². The van der Waals surface area contributed by atoms with Crippen LogP contribution in [-0.2, 0) is 14.9 Å². The molecule has 1 saturated heterocycles. The van der Waals surface area contributed by atoms with Crippen molar-refractivity contribution in [2.75, 3.05) is 33.5 Å². The molecule has 144 valence electrons. The van der Waals surface area contributed by atoms with Crippen LogP contribution in [0.3, 0.4) is 0 Å². The third-order valence-corrected chi connectivity index (χ3v) is 5.14. The lowest BCUT2D eigenvalue weighted by molar-refractivity contribution is -0.123. The lowest BCUT2D eigenvalue weighted by atomic mass is 9.73. The molecule has 2 aromatic carbocycles. The second-order valence-electron chi connectivity index (χ2n) is 6.97. The molecule has 1 amide bonds. The largest absolute Gasteiger partial charge is 0.496 e. The van der Waals surface area contributed by atoms with E-state index < -0.39 is 0 Å². The van der Waals surface area contributed by atoms with Gasteiger partial charge in [-0.05, 0) is 38.0 Å². The zero-order valence-corrected chi connectivity index (χ0v) is 16.0. The van der Waals surface area contributed by atoms with Crippen molar-refractivity contribution in [3.05, 3.63) is 59.7 Å². The number of ether oxygens (including phenoxy) is 3. The quantitative estimate of drug-likeness (QED) is 0.814. The second kappa shape index (κ2) is 8.91. The van der Waals surface area contributed by atoms with E-state index in [-0.39, 0.29) is 17.9 Å². The first-order valence-electron chi connectivity index (χ1n) is 9.30. The summed E-state index contributed by atoms with van der Waals surface area (Å²) in [5.41, 5.74) is 2.09. The Morgan fingerprint density at radius 1 is 1.11 bits per heavy atom. The first-order chi connectivity index (χ1) is 13.1. The summed E-state index contributed by atoms with van der Waals surface area (Å²) in [6.45, 7) is 3.90. The molecule has 0 unspecified atom stereocenters. The minimum atomic E-state index is -0.190. The predicted octanol–water partition coefficient (Wildman–Crippen LogP) is 3.25. The first kappa shape index (κ1) is 19.2. The maximum atomic E-state index is 12.4. The lowest BCUT2D eigenvalue weighted by Gasteiger charge is -2.38. The summed E-state index contributed by atoms with van der Waals surface area (Å²) in [6.07, 6.45) is 1.68. The molecule has 1 aliphatic rings. The van der Waals surface area contributed by atoms with Gasteiger partial charge in [-0.25, -0.2) is 0 Å². The molecule has 27 heavy (non-hydrogen) atoms. The monoisotopic (exact) mass is 369 g/mol. The molecule has 0 spiro atoms. The highest BCUT2D eigenvalue weighted by Gasteiger charge is 2.37. The Kier molecular flexibility index (Phi) is 6.35. The number of methoxy groups -OCH3 is 1. The molecule has 1 fully saturated rings. The van der Waals surface area contributed by atoms with Gasteiger partial charge in [-0.3, -0.25) is 4.79 Å². The van der Waals surface area contributed by atoms with E-state index in [9.17, 15) is 4.79 Å². The van der Waals surface area contributed by atoms with Crippen LogP contribution in [0, 0.1) is 6.92 Å². The molecule has 5 heteroatoms. The fourth-order valence-corrected chi connectivity index (χ4v) is 3.49. The van der Waals surface area contributed by atoms with Gasteiger partial charge in [-0.2, -0.15) is 0 Å². The Balaban J connectivity index is 1.64. The molecule has 1 heterocycles. The molecule has 0 radical (unpaired) electrons. The zero-order chi connectivity index (χ0) is 19.1. The van der Waals surface area contributed by atoms with Crippen molar-refractivity contribution in [1.29, 1.82) is 0 Å². The number of nitrogens with one attached hydrogen (secondary N) is 1. The van der Waals surface area contributed by atoms with Crippen LogP contribution in [0.2, 0.25) is 0 Å². The number of aryl methyl sites for hydroxylation is 1. The highest BCUT2D eigenvalue weighted by molar-refractivity contribution is 5.77. The Morgan fingerprint density at radius 3 is 2.52 bits per heavy atom. The number of hydrogen-bond acceptors (Lipinski definition) is 4. The Hall–Kier alpha value is -2.53. The van der Waals surface area contributed by atoms with Gasteiger partial charge in [0.05, 0.1) is 7.11 Å². The fraction of sp³-hybridized carbons (Fsp3) is 0.409. The fourth-order valence-electron chi connectivity index (χ4n) is 3.49. The second-order valence-corrected chi connectivity index (χ2v) is 6.97. The lowest BCUT2D eigenvalue weighted by Crippen LogP contribution is -2.45. The zero-order valence-electron chi connectivity index (χ0n) is 16.0. The third-order valence-electron chi connectivity index (χ3n) is 5.14. The maximum Gasteiger partial charge on any atom is 0.257 e. The molecule has 0 aromatic heterocycles. The molecule has 1 aliphatic heterocycles. The van der Waals surface area contributed by atoms with Gasteiger partial charge in [-0.1, -0.05) is 35.9 Å². The highest BCUT2D eigenvalue weighted by atomic mass is 16.5. The average molecular weight is 369 g/mol. The van der Waals surface area contributed by atoms with Crippen molar-refractivity contribution in [2.45, 2.75) is 25.2 Å². The van der Waals surface area contributed by atoms with Gasteiger partial charge >= 0.3 is 0 Å². The third kappa shape index (κ3) is 4.80. The molecular weight excluding hydrogens is 342 g/mol. The number of carbonyl (C=O) groups excluding carboxylic acids is 1. The summed E-state index contributed by atoms with van der Waals surface area (Å²) in [7, 11) is 1.68. The maximum absolute atomic E-state index is 12.4. The normalized spacial score (nSPS) is 15.8. The molecule has 0 atom stereocenters. The van der Waals surface area contributed by atoms with Gasteiger partial charge in [-0.15, -0.1) is 0 Å². The number of benzene rings is 2. The van der Waals surface area contributed by atoms with E-state index in [0.717, 1.165) is 29.7 Å². The van der Waals surface area contributed by atoms with E-state index in [0.29, 0.717) is 25.5 Å². The van der Waals surface area contributed by atoms with Crippen LogP contribution in [-0.4, -0.2) is 39.4 Å². The topological polar surface area (TPSA) is 56.8 Å². The van der Waals surface area contributed by atoms with E-state index in [1.54, 1.807) is 7.11 Å². The van der Waals surface area contributed by atoms with E-state index in [1.807, 2.05) is 49.4 Å². The van der Waals surface area contributed by atoms with Gasteiger partial charge in [0, 0.05) is 30.7 Å². The van der Waals surface area contributed by atoms with Crippen LogP contribution >= 0.6 is 0 Å². The van der Waals surface area contributed by atoms with Gasteiger partial charge in [0.25, 0.3) is 5.91 Å². The molecule has 0 aliphatic carbocycles. The summed E-state index contributed by atoms with van der Waals surface area (Å²) in [6, 6.07) is 15.7. The Bertz CT molecular complexity index is 751. The van der Waals surface area contributed by atoms with Crippen LogP contribution in [0.5, 0.6) is 11.5 Å². The van der Waals surface area contributed by atoms with Crippen molar-refractivity contribution in [1.82, 2.24) is 5.32 Å². The highest BCUT2D eigenvalue weighted by Crippen LogP contribution is 2.39. The van der Waals surface area contributed by atoms with Gasteiger partial charge in [0.1, 0.15) is 11.5 Å².